The molecule has 0 saturated heterocycles. The minimum atomic E-state index is -4.48. The van der Waals surface area contributed by atoms with Crippen LogP contribution in [0.4, 0.5) is 24.7 Å². The maximum Gasteiger partial charge on any atom is 0.416 e. The Hall–Kier alpha value is -4.73. The van der Waals surface area contributed by atoms with Gasteiger partial charge in [0, 0.05) is 35.3 Å². The van der Waals surface area contributed by atoms with E-state index in [0.29, 0.717) is 45.5 Å². The maximum absolute atomic E-state index is 13.5. The zero-order valence-corrected chi connectivity index (χ0v) is 20.7. The van der Waals surface area contributed by atoms with Gasteiger partial charge in [-0.1, -0.05) is 36.4 Å². The molecule has 194 valence electrons. The fraction of sp³-hybridized carbons (Fsp3) is 0.143. The second kappa shape index (κ2) is 9.97. The fourth-order valence-corrected chi connectivity index (χ4v) is 4.31. The first kappa shape index (κ1) is 24.9. The van der Waals surface area contributed by atoms with Crippen molar-refractivity contribution in [3.63, 3.8) is 0 Å². The topological polar surface area (TPSA) is 70.4 Å². The SMILES string of the molecule is COc1cc(Nc2ncnc3c2c(-c2ccccc2)cn3-c2cccc(C(F)(F)F)c2)cc(OC)c1OC. The molecule has 1 N–H and O–H groups in total. The number of alkyl halides is 3. The van der Waals surface area contributed by atoms with Crippen LogP contribution in [0.15, 0.2) is 79.3 Å². The standard InChI is InChI=1S/C28H23F3N4O3/c1-36-22-13-19(14-23(37-2)25(22)38-3)34-26-24-21(17-8-5-4-6-9-17)15-35(27(24)33-16-32-26)20-11-7-10-18(12-20)28(29,30)31/h4-16H,1-3H3,(H,32,33,34). The number of ether oxygens (including phenoxy) is 3. The molecule has 0 radical (unpaired) electrons. The van der Waals surface area contributed by atoms with Crippen molar-refractivity contribution in [2.45, 2.75) is 6.18 Å². The first-order valence-corrected chi connectivity index (χ1v) is 11.5. The van der Waals surface area contributed by atoms with Gasteiger partial charge in [-0.3, -0.25) is 0 Å². The molecule has 2 aromatic heterocycles. The lowest BCUT2D eigenvalue weighted by atomic mass is 10.1. The fourth-order valence-electron chi connectivity index (χ4n) is 4.31. The van der Waals surface area contributed by atoms with Crippen LogP contribution < -0.4 is 19.5 Å². The highest BCUT2D eigenvalue weighted by atomic mass is 19.4. The molecule has 3 aromatic carbocycles. The van der Waals surface area contributed by atoms with Gasteiger partial charge >= 0.3 is 6.18 Å². The van der Waals surface area contributed by atoms with Gasteiger partial charge < -0.3 is 24.1 Å². The summed E-state index contributed by atoms with van der Waals surface area (Å²) in [5, 5.41) is 3.93. The minimum Gasteiger partial charge on any atom is -0.493 e. The van der Waals surface area contributed by atoms with Crippen LogP contribution in [0.5, 0.6) is 17.2 Å². The van der Waals surface area contributed by atoms with Crippen molar-refractivity contribution in [3.8, 4) is 34.1 Å². The van der Waals surface area contributed by atoms with E-state index in [9.17, 15) is 13.2 Å². The largest absolute Gasteiger partial charge is 0.493 e. The van der Waals surface area contributed by atoms with Crippen molar-refractivity contribution >= 4 is 22.5 Å². The van der Waals surface area contributed by atoms with Gasteiger partial charge in [0.2, 0.25) is 5.75 Å². The minimum absolute atomic E-state index is 0.324. The molecule has 0 amide bonds. The number of methoxy groups -OCH3 is 3. The molecule has 38 heavy (non-hydrogen) atoms. The van der Waals surface area contributed by atoms with Crippen molar-refractivity contribution in [2.24, 2.45) is 0 Å². The number of hydrogen-bond donors (Lipinski definition) is 1. The molecule has 10 heteroatoms. The van der Waals surface area contributed by atoms with Gasteiger partial charge in [-0.15, -0.1) is 0 Å². The highest BCUT2D eigenvalue weighted by Gasteiger charge is 2.31. The van der Waals surface area contributed by atoms with E-state index >= 15 is 0 Å². The summed E-state index contributed by atoms with van der Waals surface area (Å²) < 4.78 is 58.4. The van der Waals surface area contributed by atoms with Crippen LogP contribution in [0.1, 0.15) is 5.56 Å². The average Bonchev–Trinajstić information content (AvgIpc) is 3.33. The van der Waals surface area contributed by atoms with Gasteiger partial charge in [0.25, 0.3) is 0 Å². The van der Waals surface area contributed by atoms with Gasteiger partial charge in [-0.05, 0) is 23.8 Å². The van der Waals surface area contributed by atoms with E-state index in [2.05, 4.69) is 15.3 Å². The van der Waals surface area contributed by atoms with Crippen LogP contribution in [-0.2, 0) is 6.18 Å². The first-order chi connectivity index (χ1) is 18.3. The van der Waals surface area contributed by atoms with Gasteiger partial charge in [-0.2, -0.15) is 13.2 Å². The monoisotopic (exact) mass is 520 g/mol. The molecule has 0 fully saturated rings. The quantitative estimate of drug-likeness (QED) is 0.252. The predicted molar refractivity (Wildman–Crippen MR) is 139 cm³/mol. The summed E-state index contributed by atoms with van der Waals surface area (Å²) in [6, 6.07) is 18.1. The Morgan fingerprint density at radius 2 is 1.53 bits per heavy atom. The molecular formula is C28H23F3N4O3. The molecule has 0 atom stereocenters. The Morgan fingerprint density at radius 1 is 0.816 bits per heavy atom. The molecule has 2 heterocycles. The molecule has 0 aliphatic heterocycles. The number of hydrogen-bond acceptors (Lipinski definition) is 6. The molecule has 0 spiro atoms. The Morgan fingerprint density at radius 3 is 2.16 bits per heavy atom. The molecule has 7 nitrogen and oxygen atoms in total. The van der Waals surface area contributed by atoms with Crippen molar-refractivity contribution in [3.05, 3.63) is 84.8 Å². The Bertz CT molecular complexity index is 1580. The third-order valence-electron chi connectivity index (χ3n) is 6.05. The number of aromatic nitrogens is 3. The lowest BCUT2D eigenvalue weighted by molar-refractivity contribution is -0.137. The molecule has 0 unspecified atom stereocenters. The van der Waals surface area contributed by atoms with Gasteiger partial charge in [-0.25, -0.2) is 9.97 Å². The van der Waals surface area contributed by atoms with Crippen LogP contribution in [0.3, 0.4) is 0 Å². The van der Waals surface area contributed by atoms with E-state index in [0.717, 1.165) is 23.3 Å². The maximum atomic E-state index is 13.5. The number of halogens is 3. The van der Waals surface area contributed by atoms with Crippen LogP contribution in [-0.4, -0.2) is 35.9 Å². The van der Waals surface area contributed by atoms with E-state index in [1.807, 2.05) is 30.3 Å². The molecule has 5 rings (SSSR count). The number of nitrogens with one attached hydrogen (secondary N) is 1. The first-order valence-electron chi connectivity index (χ1n) is 11.5. The Labute approximate surface area is 216 Å². The summed E-state index contributed by atoms with van der Waals surface area (Å²) in [6.07, 6.45) is -1.35. The van der Waals surface area contributed by atoms with Crippen LogP contribution in [0.2, 0.25) is 0 Å². The highest BCUT2D eigenvalue weighted by Crippen LogP contribution is 2.42. The van der Waals surface area contributed by atoms with Crippen LogP contribution in [0.25, 0.3) is 27.8 Å². The summed E-state index contributed by atoms with van der Waals surface area (Å²) in [7, 11) is 4.56. The van der Waals surface area contributed by atoms with Crippen molar-refractivity contribution in [1.82, 2.24) is 14.5 Å². The number of rotatable bonds is 7. The summed E-state index contributed by atoms with van der Waals surface area (Å²) in [4.78, 5) is 8.93. The molecule has 0 aliphatic rings. The molecule has 5 aromatic rings. The van der Waals surface area contributed by atoms with Crippen molar-refractivity contribution in [2.75, 3.05) is 26.6 Å². The lowest BCUT2D eigenvalue weighted by Gasteiger charge is -2.15. The van der Waals surface area contributed by atoms with E-state index in [1.165, 1.54) is 33.7 Å². The second-order valence-corrected chi connectivity index (χ2v) is 8.29. The van der Waals surface area contributed by atoms with Gasteiger partial charge in [0.1, 0.15) is 12.1 Å². The Kier molecular flexibility index (Phi) is 6.54. The number of fused-ring (bicyclic) bond motifs is 1. The third kappa shape index (κ3) is 4.56. The number of benzene rings is 3. The van der Waals surface area contributed by atoms with E-state index < -0.39 is 11.7 Å². The van der Waals surface area contributed by atoms with Crippen LogP contribution >= 0.6 is 0 Å². The van der Waals surface area contributed by atoms with E-state index in [4.69, 9.17) is 14.2 Å². The summed E-state index contributed by atoms with van der Waals surface area (Å²) in [5.41, 5.74) is 2.21. The Balaban J connectivity index is 1.72. The predicted octanol–water partition coefficient (Wildman–Crippen LogP) is 6.88. The third-order valence-corrected chi connectivity index (χ3v) is 6.05. The highest BCUT2D eigenvalue weighted by molar-refractivity contribution is 6.03. The second-order valence-electron chi connectivity index (χ2n) is 8.29. The molecule has 0 aliphatic carbocycles. The van der Waals surface area contributed by atoms with Crippen LogP contribution in [0, 0.1) is 0 Å². The summed E-state index contributed by atoms with van der Waals surface area (Å²) in [6.45, 7) is 0. The molecule has 0 bridgehead atoms. The van der Waals surface area contributed by atoms with Gasteiger partial charge in [0.15, 0.2) is 17.1 Å². The lowest BCUT2D eigenvalue weighted by Crippen LogP contribution is -2.06. The number of anilines is 2. The summed E-state index contributed by atoms with van der Waals surface area (Å²) >= 11 is 0. The zero-order valence-electron chi connectivity index (χ0n) is 20.7. The normalized spacial score (nSPS) is 11.4. The van der Waals surface area contributed by atoms with Crippen molar-refractivity contribution in [1.29, 1.82) is 0 Å². The number of nitrogens with zero attached hydrogens (tertiary/aromatic N) is 3. The van der Waals surface area contributed by atoms with Gasteiger partial charge in [0.05, 0.1) is 32.3 Å². The smallest absolute Gasteiger partial charge is 0.416 e. The molecular weight excluding hydrogens is 497 g/mol. The average molecular weight is 521 g/mol. The van der Waals surface area contributed by atoms with E-state index in [1.54, 1.807) is 29.0 Å². The van der Waals surface area contributed by atoms with E-state index in [-0.39, 0.29) is 0 Å². The van der Waals surface area contributed by atoms with Crippen molar-refractivity contribution < 1.29 is 27.4 Å². The summed E-state index contributed by atoms with van der Waals surface area (Å²) in [5.74, 6) is 1.79. The molecule has 0 saturated carbocycles. The zero-order chi connectivity index (χ0) is 26.9.